The molecule has 2 aromatic carbocycles. The van der Waals surface area contributed by atoms with Gasteiger partial charge in [0.1, 0.15) is 23.9 Å². The highest BCUT2D eigenvalue weighted by atomic mass is 32.2. The second-order valence-corrected chi connectivity index (χ2v) is 12.5. The largest absolute Gasteiger partial charge is 0.490 e. The number of nitrogens with one attached hydrogen (secondary N) is 1. The fourth-order valence-corrected chi connectivity index (χ4v) is 6.41. The zero-order valence-electron chi connectivity index (χ0n) is 24.2. The van der Waals surface area contributed by atoms with E-state index in [1.54, 1.807) is 36.0 Å². The number of anilines is 1. The lowest BCUT2D eigenvalue weighted by Crippen LogP contribution is -2.27. The van der Waals surface area contributed by atoms with Gasteiger partial charge in [0.05, 0.1) is 51.2 Å². The number of hydrogen-bond donors (Lipinski definition) is 1. The van der Waals surface area contributed by atoms with Gasteiger partial charge in [-0.2, -0.15) is 0 Å². The maximum atomic E-state index is 16.0. The van der Waals surface area contributed by atoms with Crippen LogP contribution in [0.1, 0.15) is 19.4 Å². The number of imidazole rings is 1. The average Bonchev–Trinajstić information content (AvgIpc) is 3.13. The Balaban J connectivity index is 1.52. The van der Waals surface area contributed by atoms with E-state index in [4.69, 9.17) is 9.47 Å². The van der Waals surface area contributed by atoms with Crippen molar-refractivity contribution in [3.8, 4) is 22.8 Å². The predicted octanol–water partition coefficient (Wildman–Crippen LogP) is 4.17. The van der Waals surface area contributed by atoms with Gasteiger partial charge in [0.25, 0.3) is 10.0 Å². The third-order valence-electron chi connectivity index (χ3n) is 7.45. The van der Waals surface area contributed by atoms with Crippen LogP contribution in [0.2, 0.25) is 0 Å². The maximum absolute atomic E-state index is 16.0. The summed E-state index contributed by atoms with van der Waals surface area (Å²) in [5.41, 5.74) is 1.67. The van der Waals surface area contributed by atoms with E-state index >= 15 is 4.39 Å². The molecule has 0 bridgehead atoms. The van der Waals surface area contributed by atoms with Crippen molar-refractivity contribution in [1.29, 1.82) is 0 Å². The molecule has 3 aromatic heterocycles. The molecule has 1 aliphatic rings. The number of aromatic nitrogens is 4. The average molecular weight is 607 g/mol. The van der Waals surface area contributed by atoms with Crippen LogP contribution in [0.15, 0.2) is 64.5 Å². The summed E-state index contributed by atoms with van der Waals surface area (Å²) in [4.78, 5) is 24.0. The zero-order valence-corrected chi connectivity index (χ0v) is 25.0. The van der Waals surface area contributed by atoms with E-state index in [9.17, 15) is 13.2 Å². The number of aryl methyl sites for hydroxylation is 1. The number of rotatable bonds is 9. The molecular weight excluding hydrogens is 575 g/mol. The number of benzene rings is 2. The van der Waals surface area contributed by atoms with Crippen molar-refractivity contribution in [2.24, 2.45) is 7.05 Å². The molecule has 0 radical (unpaired) electrons. The summed E-state index contributed by atoms with van der Waals surface area (Å²) in [6, 6.07) is 10.3. The lowest BCUT2D eigenvalue weighted by atomic mass is 10.0. The molecule has 0 spiro atoms. The molecule has 0 saturated carbocycles. The van der Waals surface area contributed by atoms with Crippen LogP contribution in [0, 0.1) is 5.82 Å². The molecule has 4 heterocycles. The van der Waals surface area contributed by atoms with Crippen molar-refractivity contribution < 1.29 is 22.3 Å². The molecule has 0 aliphatic carbocycles. The molecule has 1 unspecified atom stereocenters. The number of pyridine rings is 2. The van der Waals surface area contributed by atoms with Crippen molar-refractivity contribution in [3.05, 3.63) is 71.2 Å². The first-order chi connectivity index (χ1) is 20.6. The molecule has 0 fully saturated rings. The van der Waals surface area contributed by atoms with Gasteiger partial charge in [-0.1, -0.05) is 18.2 Å². The molecule has 0 amide bonds. The first kappa shape index (κ1) is 28.6. The highest BCUT2D eigenvalue weighted by Crippen LogP contribution is 2.44. The van der Waals surface area contributed by atoms with Crippen LogP contribution < -0.4 is 19.9 Å². The van der Waals surface area contributed by atoms with Crippen LogP contribution in [0.25, 0.3) is 33.1 Å². The Morgan fingerprint density at radius 3 is 2.67 bits per heavy atom. The van der Waals surface area contributed by atoms with Crippen LogP contribution in [0.3, 0.4) is 0 Å². The Hall–Kier alpha value is -4.49. The normalized spacial score (nSPS) is 14.8. The van der Waals surface area contributed by atoms with E-state index in [2.05, 4.69) is 14.7 Å². The molecule has 0 saturated heterocycles. The summed E-state index contributed by atoms with van der Waals surface area (Å²) in [6.07, 6.45) is 3.65. The fourth-order valence-electron chi connectivity index (χ4n) is 5.35. The van der Waals surface area contributed by atoms with Crippen molar-refractivity contribution in [2.75, 3.05) is 38.6 Å². The van der Waals surface area contributed by atoms with E-state index in [0.29, 0.717) is 28.4 Å². The van der Waals surface area contributed by atoms with E-state index in [-0.39, 0.29) is 58.3 Å². The predicted molar refractivity (Wildman–Crippen MR) is 162 cm³/mol. The standard InChI is InChI=1S/C30H31FN6O5S/c1-18-17-42-28-25(21(31)14-22-26(28)27-24(16-32-22)36(4)30(38)37(18)27)19-13-23(29(33-15-19)41-12-8-11-35(2)3)34-43(39,40)20-9-6-5-7-10-20/h5-7,9-10,13-16,18,34H,8,11-12,17H2,1-4H3. The van der Waals surface area contributed by atoms with Gasteiger partial charge in [-0.15, -0.1) is 0 Å². The minimum absolute atomic E-state index is 0.0489. The number of ether oxygens (including phenoxy) is 2. The van der Waals surface area contributed by atoms with Gasteiger partial charge in [0, 0.05) is 31.4 Å². The summed E-state index contributed by atoms with van der Waals surface area (Å²) in [5.74, 6) is -0.369. The fraction of sp³-hybridized carbons (Fsp3) is 0.300. The minimum atomic E-state index is -4.03. The van der Waals surface area contributed by atoms with Crippen LogP contribution in [-0.2, 0) is 17.1 Å². The van der Waals surface area contributed by atoms with Crippen LogP contribution >= 0.6 is 0 Å². The van der Waals surface area contributed by atoms with Crippen molar-refractivity contribution in [2.45, 2.75) is 24.3 Å². The molecule has 1 aliphatic heterocycles. The van der Waals surface area contributed by atoms with E-state index in [1.165, 1.54) is 35.0 Å². The topological polar surface area (TPSA) is 121 Å². The zero-order chi connectivity index (χ0) is 30.5. The van der Waals surface area contributed by atoms with E-state index < -0.39 is 15.8 Å². The molecule has 5 aromatic rings. The molecule has 11 nitrogen and oxygen atoms in total. The van der Waals surface area contributed by atoms with Gasteiger partial charge < -0.3 is 14.4 Å². The second-order valence-electron chi connectivity index (χ2n) is 10.8. The molecule has 224 valence electrons. The van der Waals surface area contributed by atoms with Crippen LogP contribution in [-0.4, -0.2) is 66.3 Å². The first-order valence-corrected chi connectivity index (χ1v) is 15.3. The monoisotopic (exact) mass is 606 g/mol. The van der Waals surface area contributed by atoms with Crippen molar-refractivity contribution >= 4 is 37.6 Å². The highest BCUT2D eigenvalue weighted by Gasteiger charge is 2.29. The summed E-state index contributed by atoms with van der Waals surface area (Å²) >= 11 is 0. The van der Waals surface area contributed by atoms with Gasteiger partial charge >= 0.3 is 5.69 Å². The van der Waals surface area contributed by atoms with Crippen molar-refractivity contribution in [3.63, 3.8) is 0 Å². The third kappa shape index (κ3) is 5.08. The highest BCUT2D eigenvalue weighted by molar-refractivity contribution is 7.92. The van der Waals surface area contributed by atoms with Gasteiger partial charge in [-0.05, 0) is 45.6 Å². The molecule has 6 rings (SSSR count). The van der Waals surface area contributed by atoms with Gasteiger partial charge in [0.2, 0.25) is 5.88 Å². The smallest absolute Gasteiger partial charge is 0.329 e. The lowest BCUT2D eigenvalue weighted by Gasteiger charge is -2.18. The molecule has 1 N–H and O–H groups in total. The molecule has 43 heavy (non-hydrogen) atoms. The Kier molecular flexibility index (Phi) is 7.30. The molecular formula is C30H31FN6O5S. The van der Waals surface area contributed by atoms with Crippen LogP contribution in [0.4, 0.5) is 10.1 Å². The number of halogens is 1. The quantitative estimate of drug-likeness (QED) is 0.248. The number of nitrogens with zero attached hydrogens (tertiary/aromatic N) is 5. The van der Waals surface area contributed by atoms with E-state index in [0.717, 1.165) is 6.54 Å². The Morgan fingerprint density at radius 2 is 1.93 bits per heavy atom. The number of hydrogen-bond acceptors (Lipinski definition) is 8. The maximum Gasteiger partial charge on any atom is 0.329 e. The Morgan fingerprint density at radius 1 is 1.16 bits per heavy atom. The lowest BCUT2D eigenvalue weighted by molar-refractivity contribution is 0.267. The summed E-state index contributed by atoms with van der Waals surface area (Å²) in [7, 11) is 1.53. The summed E-state index contributed by atoms with van der Waals surface area (Å²) in [5, 5.41) is 0.492. The number of sulfonamides is 1. The second kappa shape index (κ2) is 11.0. The molecule has 13 heteroatoms. The third-order valence-corrected chi connectivity index (χ3v) is 8.83. The van der Waals surface area contributed by atoms with Crippen LogP contribution in [0.5, 0.6) is 11.6 Å². The Bertz CT molecular complexity index is 2020. The summed E-state index contributed by atoms with van der Waals surface area (Å²) in [6.45, 7) is 3.01. The van der Waals surface area contributed by atoms with Gasteiger partial charge in [-0.25, -0.2) is 22.6 Å². The van der Waals surface area contributed by atoms with Gasteiger partial charge in [-0.3, -0.25) is 18.8 Å². The Labute approximate surface area is 247 Å². The SMILES string of the molecule is CC1COc2c(-c3cnc(OCCCN(C)C)c(NS(=O)(=O)c4ccccc4)c3)c(F)cc3ncc4c(c23)n1c(=O)n4C. The van der Waals surface area contributed by atoms with Crippen molar-refractivity contribution in [1.82, 2.24) is 24.0 Å². The molecule has 1 atom stereocenters. The first-order valence-electron chi connectivity index (χ1n) is 13.8. The van der Waals surface area contributed by atoms with Gasteiger partial charge in [0.15, 0.2) is 0 Å². The minimum Gasteiger partial charge on any atom is -0.490 e. The van der Waals surface area contributed by atoms with E-state index in [1.807, 2.05) is 25.9 Å². The summed E-state index contributed by atoms with van der Waals surface area (Å²) < 4.78 is 60.4.